The van der Waals surface area contributed by atoms with Crippen LogP contribution in [0, 0.1) is 18.6 Å². The van der Waals surface area contributed by atoms with Crippen molar-refractivity contribution in [2.24, 2.45) is 0 Å². The van der Waals surface area contributed by atoms with Gasteiger partial charge in [-0.2, -0.15) is 4.39 Å². The average Bonchev–Trinajstić information content (AvgIpc) is 2.72. The largest absolute Gasteiger partial charge is 0.444 e. The minimum atomic E-state index is -1.22. The second kappa shape index (κ2) is 5.19. The number of esters is 1. The number of benzene rings is 1. The van der Waals surface area contributed by atoms with Crippen molar-refractivity contribution in [3.63, 3.8) is 0 Å². The van der Waals surface area contributed by atoms with Crippen LogP contribution in [-0.4, -0.2) is 12.3 Å². The summed E-state index contributed by atoms with van der Waals surface area (Å²) in [6.07, 6.45) is -1.22. The summed E-state index contributed by atoms with van der Waals surface area (Å²) < 4.78 is 43.6. The van der Waals surface area contributed by atoms with E-state index in [4.69, 9.17) is 13.9 Å². The molecule has 2 aromatic rings. The van der Waals surface area contributed by atoms with Crippen LogP contribution in [0.2, 0.25) is 0 Å². The lowest BCUT2D eigenvalue weighted by atomic mass is 10.1. The number of halogens is 2. The molecule has 0 saturated heterocycles. The van der Waals surface area contributed by atoms with Crippen LogP contribution in [0.5, 0.6) is 5.75 Å². The van der Waals surface area contributed by atoms with Crippen LogP contribution in [0.25, 0.3) is 11.0 Å². The van der Waals surface area contributed by atoms with Crippen molar-refractivity contribution in [3.05, 3.63) is 50.9 Å². The van der Waals surface area contributed by atoms with Crippen molar-refractivity contribution in [1.82, 2.24) is 0 Å². The van der Waals surface area contributed by atoms with Crippen LogP contribution in [-0.2, 0) is 9.53 Å². The zero-order valence-electron chi connectivity index (χ0n) is 12.5. The Morgan fingerprint density at radius 3 is 2.43 bits per heavy atom. The van der Waals surface area contributed by atoms with E-state index in [0.29, 0.717) is 16.7 Å². The van der Waals surface area contributed by atoms with E-state index in [1.165, 1.54) is 13.8 Å². The molecule has 0 amide bonds. The van der Waals surface area contributed by atoms with Crippen LogP contribution >= 0.6 is 0 Å². The first kappa shape index (κ1) is 15.2. The summed E-state index contributed by atoms with van der Waals surface area (Å²) >= 11 is 0. The van der Waals surface area contributed by atoms with Crippen LogP contribution in [0.1, 0.15) is 19.4 Å². The lowest BCUT2D eigenvalue weighted by Crippen LogP contribution is -2.20. The van der Waals surface area contributed by atoms with E-state index in [1.807, 2.05) is 0 Å². The monoisotopic (exact) mass is 322 g/mol. The first-order chi connectivity index (χ1) is 10.8. The molecule has 0 spiro atoms. The Labute approximate surface area is 129 Å². The van der Waals surface area contributed by atoms with Crippen LogP contribution in [0.4, 0.5) is 8.78 Å². The molecule has 0 saturated carbocycles. The second-order valence-electron chi connectivity index (χ2n) is 5.29. The van der Waals surface area contributed by atoms with Gasteiger partial charge in [-0.1, -0.05) is 0 Å². The number of rotatable bonds is 2. The Morgan fingerprint density at radius 2 is 1.83 bits per heavy atom. The topological polar surface area (TPSA) is 65.7 Å². The minimum Gasteiger partial charge on any atom is -0.444 e. The molecule has 3 rings (SSSR count). The van der Waals surface area contributed by atoms with Gasteiger partial charge in [0, 0.05) is 22.6 Å². The van der Waals surface area contributed by atoms with E-state index in [9.17, 15) is 18.4 Å². The molecule has 1 aliphatic rings. The van der Waals surface area contributed by atoms with Crippen molar-refractivity contribution in [2.45, 2.75) is 27.1 Å². The standard InChI is InChI=1S/C16H12F2O5/c1-6-4-11(19)21-13-9(6)5-10(17)14(12(13)18)22-16-8(3)7(2)15(20)23-16/h4-5,16H,1-3H3. The number of hydrogen-bond donors (Lipinski definition) is 0. The maximum atomic E-state index is 14.5. The van der Waals surface area contributed by atoms with Gasteiger partial charge in [0.2, 0.25) is 5.82 Å². The van der Waals surface area contributed by atoms with Gasteiger partial charge in [-0.05, 0) is 32.4 Å². The van der Waals surface area contributed by atoms with Gasteiger partial charge >= 0.3 is 11.6 Å². The molecule has 23 heavy (non-hydrogen) atoms. The predicted octanol–water partition coefficient (Wildman–Crippen LogP) is 2.98. The molecule has 1 aliphatic heterocycles. The number of ether oxygens (including phenoxy) is 2. The van der Waals surface area contributed by atoms with Crippen LogP contribution in [0.15, 0.2) is 32.5 Å². The molecule has 1 aromatic carbocycles. The molecule has 0 radical (unpaired) electrons. The fourth-order valence-corrected chi connectivity index (χ4v) is 2.30. The third-order valence-corrected chi connectivity index (χ3v) is 3.78. The van der Waals surface area contributed by atoms with E-state index >= 15 is 0 Å². The predicted molar refractivity (Wildman–Crippen MR) is 76.0 cm³/mol. The highest BCUT2D eigenvalue weighted by Gasteiger charge is 2.32. The van der Waals surface area contributed by atoms with Crippen molar-refractivity contribution in [3.8, 4) is 5.75 Å². The van der Waals surface area contributed by atoms with Crippen molar-refractivity contribution in [1.29, 1.82) is 0 Å². The molecule has 0 fully saturated rings. The second-order valence-corrected chi connectivity index (χ2v) is 5.29. The maximum absolute atomic E-state index is 14.5. The summed E-state index contributed by atoms with van der Waals surface area (Å²) in [6, 6.07) is 2.14. The molecular formula is C16H12F2O5. The van der Waals surface area contributed by atoms with E-state index in [-0.39, 0.29) is 5.39 Å². The minimum absolute atomic E-state index is 0.124. The number of aryl methyl sites for hydroxylation is 1. The Kier molecular flexibility index (Phi) is 3.43. The van der Waals surface area contributed by atoms with Gasteiger partial charge < -0.3 is 13.9 Å². The van der Waals surface area contributed by atoms with Gasteiger partial charge in [0.15, 0.2) is 17.1 Å². The lowest BCUT2D eigenvalue weighted by Gasteiger charge is -2.16. The Balaban J connectivity index is 2.12. The summed E-state index contributed by atoms with van der Waals surface area (Å²) in [5.41, 5.74) is -0.0573. The highest BCUT2D eigenvalue weighted by Crippen LogP contribution is 2.33. The van der Waals surface area contributed by atoms with Gasteiger partial charge in [-0.25, -0.2) is 14.0 Å². The smallest absolute Gasteiger partial charge is 0.337 e. The maximum Gasteiger partial charge on any atom is 0.337 e. The van der Waals surface area contributed by atoms with E-state index in [2.05, 4.69) is 0 Å². The van der Waals surface area contributed by atoms with Gasteiger partial charge in [-0.3, -0.25) is 0 Å². The Bertz CT molecular complexity index is 926. The molecule has 1 atom stereocenters. The summed E-state index contributed by atoms with van der Waals surface area (Å²) in [5, 5.41) is 0.124. The molecule has 120 valence electrons. The number of cyclic esters (lactones) is 1. The van der Waals surface area contributed by atoms with E-state index in [0.717, 1.165) is 12.1 Å². The molecule has 5 nitrogen and oxygen atoms in total. The Morgan fingerprint density at radius 1 is 1.13 bits per heavy atom. The third-order valence-electron chi connectivity index (χ3n) is 3.78. The van der Waals surface area contributed by atoms with Gasteiger partial charge in [0.25, 0.3) is 6.29 Å². The zero-order chi connectivity index (χ0) is 16.9. The highest BCUT2D eigenvalue weighted by atomic mass is 19.1. The molecule has 0 aliphatic carbocycles. The molecule has 2 heterocycles. The summed E-state index contributed by atoms with van der Waals surface area (Å²) in [6.45, 7) is 4.62. The summed E-state index contributed by atoms with van der Waals surface area (Å²) in [4.78, 5) is 22.8. The SMILES string of the molecule is CC1=C(C)C(Oc2c(F)cc3c(C)cc(=O)oc3c2F)OC1=O. The molecule has 0 N–H and O–H groups in total. The average molecular weight is 322 g/mol. The molecule has 7 heteroatoms. The van der Waals surface area contributed by atoms with Crippen molar-refractivity contribution in [2.75, 3.05) is 0 Å². The fraction of sp³-hybridized carbons (Fsp3) is 0.250. The van der Waals surface area contributed by atoms with Gasteiger partial charge in [0.1, 0.15) is 0 Å². The fourth-order valence-electron chi connectivity index (χ4n) is 2.30. The third kappa shape index (κ3) is 2.38. The van der Waals surface area contributed by atoms with Gasteiger partial charge in [0.05, 0.1) is 0 Å². The molecule has 1 unspecified atom stereocenters. The number of carbonyl (C=O) groups excluding carboxylic acids is 1. The number of carbonyl (C=O) groups is 1. The number of fused-ring (bicyclic) bond motifs is 1. The van der Waals surface area contributed by atoms with Gasteiger partial charge in [-0.15, -0.1) is 0 Å². The van der Waals surface area contributed by atoms with E-state index < -0.39 is 40.9 Å². The van der Waals surface area contributed by atoms with E-state index in [1.54, 1.807) is 6.92 Å². The zero-order valence-corrected chi connectivity index (χ0v) is 12.5. The molecule has 0 bridgehead atoms. The molecular weight excluding hydrogens is 310 g/mol. The lowest BCUT2D eigenvalue weighted by molar-refractivity contribution is -0.149. The summed E-state index contributed by atoms with van der Waals surface area (Å²) in [5.74, 6) is -3.52. The first-order valence-electron chi connectivity index (χ1n) is 6.77. The quantitative estimate of drug-likeness (QED) is 0.628. The highest BCUT2D eigenvalue weighted by molar-refractivity contribution is 5.91. The summed E-state index contributed by atoms with van der Waals surface area (Å²) in [7, 11) is 0. The van der Waals surface area contributed by atoms with Crippen molar-refractivity contribution >= 4 is 16.9 Å². The van der Waals surface area contributed by atoms with Crippen LogP contribution in [0.3, 0.4) is 0 Å². The normalized spacial score (nSPS) is 17.8. The Hall–Kier alpha value is -2.70. The number of hydrogen-bond acceptors (Lipinski definition) is 5. The van der Waals surface area contributed by atoms with Crippen LogP contribution < -0.4 is 10.4 Å². The first-order valence-corrected chi connectivity index (χ1v) is 6.77. The van der Waals surface area contributed by atoms with Crippen molar-refractivity contribution < 1.29 is 27.5 Å². The molecule has 1 aromatic heterocycles.